The predicted octanol–water partition coefficient (Wildman–Crippen LogP) is 3.38. The molecule has 3 nitrogen and oxygen atoms in total. The van der Waals surface area contributed by atoms with Gasteiger partial charge in [-0.25, -0.2) is 9.07 Å². The Labute approximate surface area is 109 Å². The highest BCUT2D eigenvalue weighted by molar-refractivity contribution is 5.65. The molecule has 0 bridgehead atoms. The number of aromatic nitrogens is 2. The van der Waals surface area contributed by atoms with Gasteiger partial charge in [0.1, 0.15) is 11.5 Å². The van der Waals surface area contributed by atoms with Gasteiger partial charge in [0.2, 0.25) is 0 Å². The van der Waals surface area contributed by atoms with Crippen LogP contribution in [0.3, 0.4) is 0 Å². The standard InChI is InChI=1S/C15H11FN2O/c16-12-8-6-11(7-9-12)15-14(19)10-18(17-15)13-4-2-1-3-5-13/h1-10,19H. The third-order valence-corrected chi connectivity index (χ3v) is 2.83. The summed E-state index contributed by atoms with van der Waals surface area (Å²) in [6.45, 7) is 0. The van der Waals surface area contributed by atoms with Crippen LogP contribution in [0, 0.1) is 5.82 Å². The number of rotatable bonds is 2. The lowest BCUT2D eigenvalue weighted by atomic mass is 10.1. The van der Waals surface area contributed by atoms with Crippen molar-refractivity contribution >= 4 is 0 Å². The Morgan fingerprint density at radius 2 is 1.63 bits per heavy atom. The molecule has 0 saturated heterocycles. The second-order valence-electron chi connectivity index (χ2n) is 4.15. The molecule has 94 valence electrons. The fourth-order valence-electron chi connectivity index (χ4n) is 1.89. The molecule has 0 unspecified atom stereocenters. The van der Waals surface area contributed by atoms with Crippen molar-refractivity contribution in [3.05, 3.63) is 66.6 Å². The molecule has 4 heteroatoms. The van der Waals surface area contributed by atoms with Crippen LogP contribution in [0.1, 0.15) is 0 Å². The summed E-state index contributed by atoms with van der Waals surface area (Å²) in [5.74, 6) is -0.249. The number of hydrogen-bond acceptors (Lipinski definition) is 2. The zero-order valence-corrected chi connectivity index (χ0v) is 9.99. The normalized spacial score (nSPS) is 10.6. The van der Waals surface area contributed by atoms with Gasteiger partial charge in [-0.1, -0.05) is 18.2 Å². The van der Waals surface area contributed by atoms with Crippen LogP contribution in [0.2, 0.25) is 0 Å². The van der Waals surface area contributed by atoms with Crippen molar-refractivity contribution in [1.29, 1.82) is 0 Å². The molecule has 0 amide bonds. The van der Waals surface area contributed by atoms with Crippen LogP contribution < -0.4 is 0 Å². The molecule has 0 aliphatic heterocycles. The Morgan fingerprint density at radius 3 is 2.32 bits per heavy atom. The van der Waals surface area contributed by atoms with E-state index in [0.29, 0.717) is 11.3 Å². The largest absolute Gasteiger partial charge is 0.504 e. The molecular weight excluding hydrogens is 243 g/mol. The second kappa shape index (κ2) is 4.57. The Balaban J connectivity index is 2.05. The summed E-state index contributed by atoms with van der Waals surface area (Å²) in [5.41, 5.74) is 1.96. The maximum atomic E-state index is 12.9. The molecule has 3 aromatic rings. The van der Waals surface area contributed by atoms with E-state index in [1.165, 1.54) is 18.3 Å². The van der Waals surface area contributed by atoms with Crippen LogP contribution in [0.5, 0.6) is 5.75 Å². The molecule has 2 aromatic carbocycles. The van der Waals surface area contributed by atoms with Crippen LogP contribution in [-0.2, 0) is 0 Å². The van der Waals surface area contributed by atoms with E-state index in [-0.39, 0.29) is 11.6 Å². The molecule has 3 rings (SSSR count). The van der Waals surface area contributed by atoms with E-state index in [1.807, 2.05) is 30.3 Å². The first-order chi connectivity index (χ1) is 9.24. The molecule has 19 heavy (non-hydrogen) atoms. The first-order valence-corrected chi connectivity index (χ1v) is 5.84. The van der Waals surface area contributed by atoms with Crippen molar-refractivity contribution in [1.82, 2.24) is 9.78 Å². The fraction of sp³-hybridized carbons (Fsp3) is 0. The first-order valence-electron chi connectivity index (χ1n) is 5.84. The van der Waals surface area contributed by atoms with Crippen molar-refractivity contribution < 1.29 is 9.50 Å². The minimum Gasteiger partial charge on any atom is -0.504 e. The Kier molecular flexibility index (Phi) is 2.76. The minimum atomic E-state index is -0.314. The molecule has 0 fully saturated rings. The topological polar surface area (TPSA) is 38.0 Å². The zero-order chi connectivity index (χ0) is 13.2. The highest BCUT2D eigenvalue weighted by Crippen LogP contribution is 2.28. The number of hydrogen-bond donors (Lipinski definition) is 1. The summed E-state index contributed by atoms with van der Waals surface area (Å²) in [4.78, 5) is 0. The third kappa shape index (κ3) is 2.20. The maximum absolute atomic E-state index is 12.9. The lowest BCUT2D eigenvalue weighted by Gasteiger charge is -1.99. The summed E-state index contributed by atoms with van der Waals surface area (Å²) in [6, 6.07) is 15.3. The van der Waals surface area contributed by atoms with E-state index in [4.69, 9.17) is 0 Å². The van der Waals surface area contributed by atoms with Gasteiger partial charge in [0.05, 0.1) is 11.9 Å². The van der Waals surface area contributed by atoms with Gasteiger partial charge < -0.3 is 5.11 Å². The monoisotopic (exact) mass is 254 g/mol. The molecule has 0 radical (unpaired) electrons. The predicted molar refractivity (Wildman–Crippen MR) is 70.6 cm³/mol. The molecule has 0 saturated carbocycles. The van der Waals surface area contributed by atoms with Gasteiger partial charge in [0.15, 0.2) is 5.75 Å². The Hall–Kier alpha value is -2.62. The van der Waals surface area contributed by atoms with Crippen molar-refractivity contribution in [3.8, 4) is 22.7 Å². The lowest BCUT2D eigenvalue weighted by molar-refractivity contribution is 0.477. The minimum absolute atomic E-state index is 0.0652. The Bertz CT molecular complexity index is 690. The average molecular weight is 254 g/mol. The van der Waals surface area contributed by atoms with Crippen LogP contribution in [0.25, 0.3) is 16.9 Å². The highest BCUT2D eigenvalue weighted by atomic mass is 19.1. The van der Waals surface area contributed by atoms with Crippen LogP contribution in [0.15, 0.2) is 60.8 Å². The maximum Gasteiger partial charge on any atom is 0.162 e. The van der Waals surface area contributed by atoms with Gasteiger partial charge in [-0.05, 0) is 36.4 Å². The van der Waals surface area contributed by atoms with E-state index < -0.39 is 0 Å². The molecule has 0 atom stereocenters. The highest BCUT2D eigenvalue weighted by Gasteiger charge is 2.11. The number of benzene rings is 2. The van der Waals surface area contributed by atoms with Crippen molar-refractivity contribution in [2.24, 2.45) is 0 Å². The molecule has 0 aliphatic carbocycles. The van der Waals surface area contributed by atoms with E-state index >= 15 is 0 Å². The Morgan fingerprint density at radius 1 is 0.947 bits per heavy atom. The molecular formula is C15H11FN2O. The average Bonchev–Trinajstić information content (AvgIpc) is 2.83. The summed E-state index contributed by atoms with van der Waals surface area (Å²) < 4.78 is 14.5. The first kappa shape index (κ1) is 11.5. The van der Waals surface area contributed by atoms with Crippen molar-refractivity contribution in [3.63, 3.8) is 0 Å². The van der Waals surface area contributed by atoms with Crippen LogP contribution in [-0.4, -0.2) is 14.9 Å². The number of para-hydroxylation sites is 1. The fourth-order valence-corrected chi connectivity index (χ4v) is 1.89. The summed E-state index contributed by atoms with van der Waals surface area (Å²) >= 11 is 0. The molecule has 0 aliphatic rings. The number of nitrogens with zero attached hydrogens (tertiary/aromatic N) is 2. The SMILES string of the molecule is Oc1cn(-c2ccccc2)nc1-c1ccc(F)cc1. The van der Waals surface area contributed by atoms with Gasteiger partial charge in [0, 0.05) is 5.56 Å². The zero-order valence-electron chi connectivity index (χ0n) is 9.99. The van der Waals surface area contributed by atoms with Crippen LogP contribution in [0.4, 0.5) is 4.39 Å². The molecule has 0 spiro atoms. The molecule has 1 N–H and O–H groups in total. The van der Waals surface area contributed by atoms with Crippen molar-refractivity contribution in [2.45, 2.75) is 0 Å². The second-order valence-corrected chi connectivity index (χ2v) is 4.15. The lowest BCUT2D eigenvalue weighted by Crippen LogP contribution is -1.94. The number of halogens is 1. The van der Waals surface area contributed by atoms with E-state index in [9.17, 15) is 9.50 Å². The van der Waals surface area contributed by atoms with Gasteiger partial charge in [-0.2, -0.15) is 5.10 Å². The van der Waals surface area contributed by atoms with Gasteiger partial charge in [0.25, 0.3) is 0 Å². The van der Waals surface area contributed by atoms with E-state index in [0.717, 1.165) is 5.69 Å². The number of aromatic hydroxyl groups is 1. The van der Waals surface area contributed by atoms with Crippen molar-refractivity contribution in [2.75, 3.05) is 0 Å². The van der Waals surface area contributed by atoms with Crippen LogP contribution >= 0.6 is 0 Å². The molecule has 1 aromatic heterocycles. The van der Waals surface area contributed by atoms with Gasteiger partial charge in [-0.15, -0.1) is 0 Å². The van der Waals surface area contributed by atoms with Gasteiger partial charge >= 0.3 is 0 Å². The van der Waals surface area contributed by atoms with E-state index in [2.05, 4.69) is 5.10 Å². The summed E-state index contributed by atoms with van der Waals surface area (Å²) in [6.07, 6.45) is 1.54. The quantitative estimate of drug-likeness (QED) is 0.761. The summed E-state index contributed by atoms with van der Waals surface area (Å²) in [5, 5.41) is 14.3. The van der Waals surface area contributed by atoms with E-state index in [1.54, 1.807) is 16.8 Å². The summed E-state index contributed by atoms with van der Waals surface area (Å²) in [7, 11) is 0. The smallest absolute Gasteiger partial charge is 0.162 e. The third-order valence-electron chi connectivity index (χ3n) is 2.83. The molecule has 1 heterocycles. The van der Waals surface area contributed by atoms with Gasteiger partial charge in [-0.3, -0.25) is 0 Å².